The van der Waals surface area contributed by atoms with Gasteiger partial charge in [-0.25, -0.2) is 4.79 Å². The maximum atomic E-state index is 11.5. The number of likely N-dealkylation sites (tertiary alicyclic amines) is 1. The van der Waals surface area contributed by atoms with E-state index in [4.69, 9.17) is 9.57 Å². The normalized spacial score (nSPS) is 25.2. The molecule has 1 aliphatic carbocycles. The largest absolute Gasteiger partial charge is 0.464 e. The van der Waals surface area contributed by atoms with Crippen LogP contribution in [0, 0.1) is 0 Å². The van der Waals surface area contributed by atoms with Crippen molar-refractivity contribution in [2.45, 2.75) is 62.2 Å². The molecule has 5 nitrogen and oxygen atoms in total. The van der Waals surface area contributed by atoms with Crippen LogP contribution in [0.5, 0.6) is 0 Å². The molecule has 0 N–H and O–H groups in total. The van der Waals surface area contributed by atoms with Crippen LogP contribution in [-0.2, 0) is 14.4 Å². The predicted molar refractivity (Wildman–Crippen MR) is 92.9 cm³/mol. The number of carbonyl (C=O) groups is 1. The third-order valence-electron chi connectivity index (χ3n) is 5.34. The fraction of sp³-hybridized carbons (Fsp3) is 0.882. The summed E-state index contributed by atoms with van der Waals surface area (Å²) in [4.78, 5) is 19.7. The van der Waals surface area contributed by atoms with Gasteiger partial charge in [0.15, 0.2) is 5.71 Å². The number of methoxy groups -OCH3 is 1. The van der Waals surface area contributed by atoms with Crippen molar-refractivity contribution in [2.75, 3.05) is 32.5 Å². The molecule has 23 heavy (non-hydrogen) atoms. The van der Waals surface area contributed by atoms with Gasteiger partial charge in [0.25, 0.3) is 0 Å². The molecule has 3 aliphatic rings. The fourth-order valence-corrected chi connectivity index (χ4v) is 5.14. The summed E-state index contributed by atoms with van der Waals surface area (Å²) in [5.74, 6) is 0.885. The highest BCUT2D eigenvalue weighted by molar-refractivity contribution is 7.99. The predicted octanol–water partition coefficient (Wildman–Crippen LogP) is 2.84. The number of hydrogen-bond acceptors (Lipinski definition) is 6. The molecular formula is C17H28N2O3S. The molecule has 2 heterocycles. The lowest BCUT2D eigenvalue weighted by molar-refractivity contribution is -0.132. The Bertz CT molecular complexity index is 441. The van der Waals surface area contributed by atoms with Crippen molar-refractivity contribution in [3.63, 3.8) is 0 Å². The van der Waals surface area contributed by atoms with E-state index in [0.717, 1.165) is 31.2 Å². The topological polar surface area (TPSA) is 51.1 Å². The highest BCUT2D eigenvalue weighted by atomic mass is 32.2. The number of nitrogens with zero attached hydrogens (tertiary/aromatic N) is 2. The van der Waals surface area contributed by atoms with E-state index in [2.05, 4.69) is 21.8 Å². The van der Waals surface area contributed by atoms with Crippen molar-refractivity contribution in [3.8, 4) is 0 Å². The molecule has 0 unspecified atom stereocenters. The van der Waals surface area contributed by atoms with Gasteiger partial charge in [-0.05, 0) is 12.8 Å². The van der Waals surface area contributed by atoms with Crippen LogP contribution < -0.4 is 0 Å². The summed E-state index contributed by atoms with van der Waals surface area (Å²) in [5, 5.41) is 4.85. The Balaban J connectivity index is 1.35. The van der Waals surface area contributed by atoms with Crippen molar-refractivity contribution in [1.82, 2.24) is 4.90 Å². The zero-order valence-corrected chi connectivity index (χ0v) is 14.9. The zero-order chi connectivity index (χ0) is 16.1. The maximum absolute atomic E-state index is 11.5. The standard InChI is InChI=1S/C17H28N2O3S/c1-21-16(20)15-13-17(22-18-15)7-9-19(10-8-17)11-12-23-14-5-3-2-4-6-14/h14H,2-13H2,1H3. The van der Waals surface area contributed by atoms with Gasteiger partial charge < -0.3 is 14.5 Å². The highest BCUT2D eigenvalue weighted by Gasteiger charge is 2.43. The number of thioether (sulfide) groups is 1. The summed E-state index contributed by atoms with van der Waals surface area (Å²) in [6, 6.07) is 0. The Morgan fingerprint density at radius 2 is 2.09 bits per heavy atom. The van der Waals surface area contributed by atoms with Gasteiger partial charge in [0.2, 0.25) is 0 Å². The summed E-state index contributed by atoms with van der Waals surface area (Å²) in [6.45, 7) is 3.24. The van der Waals surface area contributed by atoms with Crippen molar-refractivity contribution in [2.24, 2.45) is 5.16 Å². The fourth-order valence-electron chi connectivity index (χ4n) is 3.78. The van der Waals surface area contributed by atoms with Gasteiger partial charge in [-0.2, -0.15) is 11.8 Å². The van der Waals surface area contributed by atoms with Gasteiger partial charge in [0, 0.05) is 49.9 Å². The van der Waals surface area contributed by atoms with Crippen LogP contribution in [0.1, 0.15) is 51.4 Å². The van der Waals surface area contributed by atoms with E-state index in [1.54, 1.807) is 0 Å². The van der Waals surface area contributed by atoms with Gasteiger partial charge in [-0.3, -0.25) is 0 Å². The molecule has 130 valence electrons. The van der Waals surface area contributed by atoms with Crippen molar-refractivity contribution in [1.29, 1.82) is 0 Å². The first-order valence-corrected chi connectivity index (χ1v) is 9.93. The minimum Gasteiger partial charge on any atom is -0.464 e. The third kappa shape index (κ3) is 4.41. The number of oxime groups is 1. The van der Waals surface area contributed by atoms with Crippen LogP contribution in [-0.4, -0.2) is 59.9 Å². The molecular weight excluding hydrogens is 312 g/mol. The number of ether oxygens (including phenoxy) is 1. The first kappa shape index (κ1) is 17.1. The van der Waals surface area contributed by atoms with Crippen molar-refractivity contribution < 1.29 is 14.4 Å². The molecule has 0 aromatic heterocycles. The highest BCUT2D eigenvalue weighted by Crippen LogP contribution is 2.35. The first-order valence-electron chi connectivity index (χ1n) is 8.88. The average molecular weight is 340 g/mol. The summed E-state index contributed by atoms with van der Waals surface area (Å²) < 4.78 is 4.74. The number of hydrogen-bond donors (Lipinski definition) is 0. The molecule has 0 bridgehead atoms. The van der Waals surface area contributed by atoms with E-state index < -0.39 is 0 Å². The minimum absolute atomic E-state index is 0.253. The van der Waals surface area contributed by atoms with Crippen LogP contribution >= 0.6 is 11.8 Å². The third-order valence-corrected chi connectivity index (χ3v) is 6.70. The quantitative estimate of drug-likeness (QED) is 0.720. The smallest absolute Gasteiger partial charge is 0.355 e. The van der Waals surface area contributed by atoms with Gasteiger partial charge in [0.1, 0.15) is 5.60 Å². The van der Waals surface area contributed by atoms with Crippen molar-refractivity contribution in [3.05, 3.63) is 0 Å². The number of piperidine rings is 1. The number of rotatable bonds is 5. The second kappa shape index (κ2) is 7.88. The molecule has 0 aromatic carbocycles. The molecule has 2 aliphatic heterocycles. The summed E-state index contributed by atoms with van der Waals surface area (Å²) in [5.41, 5.74) is 0.185. The SMILES string of the molecule is COC(=O)C1=NOC2(CCN(CCSC3CCCCC3)CC2)C1. The van der Waals surface area contributed by atoms with E-state index in [1.165, 1.54) is 51.5 Å². The van der Waals surface area contributed by atoms with E-state index in [1.807, 2.05) is 0 Å². The number of esters is 1. The Hall–Kier alpha value is -0.750. The molecule has 6 heteroatoms. The van der Waals surface area contributed by atoms with E-state index in [9.17, 15) is 4.79 Å². The first-order chi connectivity index (χ1) is 11.2. The molecule has 1 saturated heterocycles. The minimum atomic E-state index is -0.354. The Morgan fingerprint density at radius 3 is 2.78 bits per heavy atom. The summed E-state index contributed by atoms with van der Waals surface area (Å²) >= 11 is 2.17. The van der Waals surface area contributed by atoms with Crippen LogP contribution in [0.3, 0.4) is 0 Å². The van der Waals surface area contributed by atoms with Crippen LogP contribution in [0.15, 0.2) is 5.16 Å². The van der Waals surface area contributed by atoms with Crippen LogP contribution in [0.2, 0.25) is 0 Å². The van der Waals surface area contributed by atoms with Crippen LogP contribution in [0.4, 0.5) is 0 Å². The Kier molecular flexibility index (Phi) is 5.85. The second-order valence-electron chi connectivity index (χ2n) is 6.95. The van der Waals surface area contributed by atoms with Gasteiger partial charge in [-0.1, -0.05) is 24.4 Å². The van der Waals surface area contributed by atoms with E-state index >= 15 is 0 Å². The molecule has 1 spiro atoms. The Labute approximate surface area is 143 Å². The van der Waals surface area contributed by atoms with Gasteiger partial charge >= 0.3 is 5.97 Å². The van der Waals surface area contributed by atoms with Gasteiger partial charge in [0.05, 0.1) is 7.11 Å². The second-order valence-corrected chi connectivity index (χ2v) is 8.36. The molecule has 0 radical (unpaired) electrons. The maximum Gasteiger partial charge on any atom is 0.355 e. The lowest BCUT2D eigenvalue weighted by atomic mass is 9.87. The molecule has 0 atom stereocenters. The van der Waals surface area contributed by atoms with Crippen molar-refractivity contribution >= 4 is 23.4 Å². The molecule has 0 amide bonds. The molecule has 1 saturated carbocycles. The Morgan fingerprint density at radius 1 is 1.35 bits per heavy atom. The number of carbonyl (C=O) groups excluding carboxylic acids is 1. The molecule has 0 aromatic rings. The lowest BCUT2D eigenvalue weighted by Crippen LogP contribution is -2.45. The molecule has 3 rings (SSSR count). The summed E-state index contributed by atoms with van der Waals surface area (Å²) in [6.07, 6.45) is 9.60. The van der Waals surface area contributed by atoms with Crippen LogP contribution in [0.25, 0.3) is 0 Å². The van der Waals surface area contributed by atoms with Gasteiger partial charge in [-0.15, -0.1) is 0 Å². The molecule has 2 fully saturated rings. The van der Waals surface area contributed by atoms with E-state index in [0.29, 0.717) is 12.1 Å². The van der Waals surface area contributed by atoms with E-state index in [-0.39, 0.29) is 11.6 Å². The average Bonchev–Trinajstić information content (AvgIpc) is 3.01. The zero-order valence-electron chi connectivity index (χ0n) is 14.1. The summed E-state index contributed by atoms with van der Waals surface area (Å²) in [7, 11) is 1.39. The lowest BCUT2D eigenvalue weighted by Gasteiger charge is -2.37. The monoisotopic (exact) mass is 340 g/mol.